The molecule has 0 spiro atoms. The largest absolute Gasteiger partial charge is 0.396 e. The minimum Gasteiger partial charge on any atom is -0.396 e. The van der Waals surface area contributed by atoms with E-state index in [2.05, 4.69) is 0 Å². The Hall–Kier alpha value is -0.710. The summed E-state index contributed by atoms with van der Waals surface area (Å²) >= 11 is 0. The summed E-state index contributed by atoms with van der Waals surface area (Å²) in [5.41, 5.74) is 5.77. The molecule has 0 aliphatic heterocycles. The molecule has 16 heavy (non-hydrogen) atoms. The van der Waals surface area contributed by atoms with E-state index < -0.39 is 23.1 Å². The Labute approximate surface area is 99.9 Å². The highest BCUT2D eigenvalue weighted by molar-refractivity contribution is 5.85. The Kier molecular flexibility index (Phi) is 5.32. The standard InChI is InChI=1S/C11H15F2NO.ClH/c1-11(2,6-15)10(14)7-3-4-8(12)9(13)5-7;/h3-5,10,15H,6,14H2,1-2H3;1H/t10-;/m1./s1. The van der Waals surface area contributed by atoms with E-state index >= 15 is 0 Å². The van der Waals surface area contributed by atoms with Gasteiger partial charge in [0.05, 0.1) is 0 Å². The van der Waals surface area contributed by atoms with E-state index in [-0.39, 0.29) is 19.0 Å². The third-order valence-electron chi connectivity index (χ3n) is 2.55. The number of nitrogens with two attached hydrogens (primary N) is 1. The van der Waals surface area contributed by atoms with Gasteiger partial charge in [-0.1, -0.05) is 19.9 Å². The zero-order valence-electron chi connectivity index (χ0n) is 9.21. The fourth-order valence-corrected chi connectivity index (χ4v) is 1.26. The van der Waals surface area contributed by atoms with Crippen molar-refractivity contribution >= 4 is 12.4 Å². The van der Waals surface area contributed by atoms with Crippen molar-refractivity contribution in [2.75, 3.05) is 6.61 Å². The SMILES string of the molecule is CC(C)(CO)[C@H](N)c1ccc(F)c(F)c1.Cl. The molecule has 1 atom stereocenters. The molecule has 2 nitrogen and oxygen atoms in total. The third kappa shape index (κ3) is 3.14. The first-order valence-corrected chi connectivity index (χ1v) is 4.70. The van der Waals surface area contributed by atoms with E-state index in [0.717, 1.165) is 12.1 Å². The number of hydrogen-bond donors (Lipinski definition) is 2. The smallest absolute Gasteiger partial charge is 0.159 e. The Morgan fingerprint density at radius 1 is 1.31 bits per heavy atom. The van der Waals surface area contributed by atoms with E-state index in [1.807, 2.05) is 0 Å². The lowest BCUT2D eigenvalue weighted by atomic mass is 9.82. The van der Waals surface area contributed by atoms with Crippen LogP contribution < -0.4 is 5.73 Å². The summed E-state index contributed by atoms with van der Waals surface area (Å²) in [5, 5.41) is 9.10. The molecular weight excluding hydrogens is 236 g/mol. The molecule has 0 fully saturated rings. The first-order chi connectivity index (χ1) is 6.88. The molecule has 0 amide bonds. The van der Waals surface area contributed by atoms with Crippen molar-refractivity contribution < 1.29 is 13.9 Å². The highest BCUT2D eigenvalue weighted by Gasteiger charge is 2.27. The summed E-state index contributed by atoms with van der Waals surface area (Å²) in [6.07, 6.45) is 0. The van der Waals surface area contributed by atoms with Gasteiger partial charge in [-0.25, -0.2) is 8.78 Å². The number of hydrogen-bond acceptors (Lipinski definition) is 2. The van der Waals surface area contributed by atoms with Crippen molar-refractivity contribution in [1.29, 1.82) is 0 Å². The van der Waals surface area contributed by atoms with Gasteiger partial charge < -0.3 is 10.8 Å². The normalized spacial score (nSPS) is 13.1. The quantitative estimate of drug-likeness (QED) is 0.867. The molecule has 1 aromatic carbocycles. The van der Waals surface area contributed by atoms with Gasteiger partial charge in [0.2, 0.25) is 0 Å². The first-order valence-electron chi connectivity index (χ1n) is 4.70. The molecule has 0 heterocycles. The van der Waals surface area contributed by atoms with Crippen LogP contribution in [0.5, 0.6) is 0 Å². The van der Waals surface area contributed by atoms with Gasteiger partial charge in [0.1, 0.15) is 0 Å². The predicted octanol–water partition coefficient (Wildman–Crippen LogP) is 2.40. The first kappa shape index (κ1) is 15.3. The van der Waals surface area contributed by atoms with E-state index in [0.29, 0.717) is 5.56 Å². The topological polar surface area (TPSA) is 46.2 Å². The fourth-order valence-electron chi connectivity index (χ4n) is 1.26. The Morgan fingerprint density at radius 2 is 1.88 bits per heavy atom. The van der Waals surface area contributed by atoms with E-state index in [1.165, 1.54) is 6.07 Å². The number of halogens is 3. The molecule has 0 saturated carbocycles. The van der Waals surface area contributed by atoms with Crippen LogP contribution in [0.25, 0.3) is 0 Å². The van der Waals surface area contributed by atoms with E-state index in [1.54, 1.807) is 13.8 Å². The van der Waals surface area contributed by atoms with Crippen LogP contribution >= 0.6 is 12.4 Å². The zero-order chi connectivity index (χ0) is 11.6. The van der Waals surface area contributed by atoms with Gasteiger partial charge in [-0.05, 0) is 17.7 Å². The summed E-state index contributed by atoms with van der Waals surface area (Å²) in [6, 6.07) is 3.01. The van der Waals surface area contributed by atoms with Gasteiger partial charge in [0, 0.05) is 18.1 Å². The lowest BCUT2D eigenvalue weighted by molar-refractivity contribution is 0.132. The second-order valence-electron chi connectivity index (χ2n) is 4.30. The highest BCUT2D eigenvalue weighted by Crippen LogP contribution is 2.31. The van der Waals surface area contributed by atoms with E-state index in [9.17, 15) is 8.78 Å². The lowest BCUT2D eigenvalue weighted by Crippen LogP contribution is -2.32. The molecule has 0 radical (unpaired) electrons. The summed E-state index contributed by atoms with van der Waals surface area (Å²) < 4.78 is 25.6. The highest BCUT2D eigenvalue weighted by atomic mass is 35.5. The molecule has 0 aliphatic carbocycles. The fraction of sp³-hybridized carbons (Fsp3) is 0.455. The van der Waals surface area contributed by atoms with Crippen LogP contribution in [-0.4, -0.2) is 11.7 Å². The van der Waals surface area contributed by atoms with E-state index in [4.69, 9.17) is 10.8 Å². The minimum absolute atomic E-state index is 0. The van der Waals surface area contributed by atoms with Gasteiger partial charge in [-0.3, -0.25) is 0 Å². The van der Waals surface area contributed by atoms with Crippen LogP contribution in [0.4, 0.5) is 8.78 Å². The van der Waals surface area contributed by atoms with Gasteiger partial charge >= 0.3 is 0 Å². The monoisotopic (exact) mass is 251 g/mol. The van der Waals surface area contributed by atoms with Crippen LogP contribution in [0, 0.1) is 17.0 Å². The van der Waals surface area contributed by atoms with Crippen molar-refractivity contribution in [3.8, 4) is 0 Å². The van der Waals surface area contributed by atoms with Gasteiger partial charge in [-0.2, -0.15) is 0 Å². The average Bonchev–Trinajstić information content (AvgIpc) is 2.21. The molecule has 0 bridgehead atoms. The van der Waals surface area contributed by atoms with Crippen molar-refractivity contribution in [3.05, 3.63) is 35.4 Å². The maximum atomic E-state index is 12.9. The molecule has 3 N–H and O–H groups in total. The summed E-state index contributed by atoms with van der Waals surface area (Å²) in [6.45, 7) is 3.41. The third-order valence-corrected chi connectivity index (χ3v) is 2.55. The lowest BCUT2D eigenvalue weighted by Gasteiger charge is -2.29. The van der Waals surface area contributed by atoms with Crippen molar-refractivity contribution in [2.24, 2.45) is 11.1 Å². The van der Waals surface area contributed by atoms with Crippen LogP contribution in [0.2, 0.25) is 0 Å². The number of aliphatic hydroxyl groups excluding tert-OH is 1. The van der Waals surface area contributed by atoms with Gasteiger partial charge in [0.15, 0.2) is 11.6 Å². The zero-order valence-corrected chi connectivity index (χ0v) is 10.0. The van der Waals surface area contributed by atoms with Gasteiger partial charge in [0.25, 0.3) is 0 Å². The molecule has 1 aromatic rings. The Balaban J connectivity index is 0.00000225. The van der Waals surface area contributed by atoms with Crippen molar-refractivity contribution in [2.45, 2.75) is 19.9 Å². The molecule has 0 aliphatic rings. The van der Waals surface area contributed by atoms with Gasteiger partial charge in [-0.15, -0.1) is 12.4 Å². The Morgan fingerprint density at radius 3 is 2.31 bits per heavy atom. The van der Waals surface area contributed by atoms with Crippen LogP contribution in [0.1, 0.15) is 25.5 Å². The molecule has 0 saturated heterocycles. The molecule has 5 heteroatoms. The molecular formula is C11H16ClF2NO. The summed E-state index contributed by atoms with van der Waals surface area (Å²) in [4.78, 5) is 0. The van der Waals surface area contributed by atoms with Crippen molar-refractivity contribution in [1.82, 2.24) is 0 Å². The Bertz CT molecular complexity index is 358. The second kappa shape index (κ2) is 5.57. The van der Waals surface area contributed by atoms with Crippen LogP contribution in [0.3, 0.4) is 0 Å². The molecule has 1 rings (SSSR count). The number of rotatable bonds is 3. The second-order valence-corrected chi connectivity index (χ2v) is 4.30. The summed E-state index contributed by atoms with van der Waals surface area (Å²) in [7, 11) is 0. The maximum absolute atomic E-state index is 12.9. The van der Waals surface area contributed by atoms with Crippen LogP contribution in [0.15, 0.2) is 18.2 Å². The molecule has 92 valence electrons. The maximum Gasteiger partial charge on any atom is 0.159 e. The molecule has 0 aromatic heterocycles. The van der Waals surface area contributed by atoms with Crippen LogP contribution in [-0.2, 0) is 0 Å². The predicted molar refractivity (Wildman–Crippen MR) is 61.4 cm³/mol. The number of benzene rings is 1. The minimum atomic E-state index is -0.920. The average molecular weight is 252 g/mol. The molecule has 0 unspecified atom stereocenters. The summed E-state index contributed by atoms with van der Waals surface area (Å²) in [5.74, 6) is -1.82. The number of aliphatic hydroxyl groups is 1. The van der Waals surface area contributed by atoms with Crippen molar-refractivity contribution in [3.63, 3.8) is 0 Å².